The van der Waals surface area contributed by atoms with Gasteiger partial charge in [-0.15, -0.1) is 0 Å². The van der Waals surface area contributed by atoms with Crippen LogP contribution in [0.4, 0.5) is 13.2 Å². The van der Waals surface area contributed by atoms with E-state index in [-0.39, 0.29) is 24.8 Å². The van der Waals surface area contributed by atoms with Crippen LogP contribution in [0.3, 0.4) is 0 Å². The third-order valence-electron chi connectivity index (χ3n) is 4.00. The number of aromatic amines is 1. The van der Waals surface area contributed by atoms with Crippen LogP contribution in [0, 0.1) is 0 Å². The molecule has 0 aliphatic rings. The predicted octanol–water partition coefficient (Wildman–Crippen LogP) is 4.25. The van der Waals surface area contributed by atoms with Crippen molar-refractivity contribution in [2.45, 2.75) is 31.9 Å². The van der Waals surface area contributed by atoms with Crippen LogP contribution < -0.4 is 5.56 Å². The van der Waals surface area contributed by atoms with Crippen LogP contribution in [0.15, 0.2) is 29.1 Å². The van der Waals surface area contributed by atoms with Crippen LogP contribution >= 0.6 is 11.6 Å². The van der Waals surface area contributed by atoms with E-state index < -0.39 is 18.2 Å². The predicted molar refractivity (Wildman–Crippen MR) is 93.2 cm³/mol. The van der Waals surface area contributed by atoms with Gasteiger partial charge < -0.3 is 9.55 Å². The van der Waals surface area contributed by atoms with Crippen molar-refractivity contribution in [2.75, 3.05) is 0 Å². The van der Waals surface area contributed by atoms with Gasteiger partial charge in [0.2, 0.25) is 0 Å². The number of hydrogen-bond donors (Lipinski definition) is 1. The lowest BCUT2D eigenvalue weighted by Crippen LogP contribution is -2.13. The number of hydrogen-bond acceptors (Lipinski definition) is 3. The van der Waals surface area contributed by atoms with Crippen molar-refractivity contribution >= 4 is 22.8 Å². The van der Waals surface area contributed by atoms with Gasteiger partial charge in [0.05, 0.1) is 0 Å². The third kappa shape index (κ3) is 4.07. The maximum atomic E-state index is 12.3. The molecule has 3 rings (SSSR count). The molecular formula is C17H16ClF3N4O. The minimum absolute atomic E-state index is 0.00728. The number of unbranched alkanes of at least 4 members (excludes halogenated alkanes) is 1. The van der Waals surface area contributed by atoms with E-state index in [0.717, 1.165) is 5.56 Å². The zero-order valence-electron chi connectivity index (χ0n) is 13.9. The molecule has 1 aromatic carbocycles. The van der Waals surface area contributed by atoms with Crippen LogP contribution in [0.5, 0.6) is 0 Å². The summed E-state index contributed by atoms with van der Waals surface area (Å²) >= 11 is 5.89. The fraction of sp³-hybridized carbons (Fsp3) is 0.353. The summed E-state index contributed by atoms with van der Waals surface area (Å²) in [7, 11) is 1.74. The number of fused-ring (bicyclic) bond motifs is 1. The summed E-state index contributed by atoms with van der Waals surface area (Å²) in [6.07, 6.45) is -4.46. The molecule has 3 aromatic rings. The Morgan fingerprint density at radius 1 is 1.15 bits per heavy atom. The van der Waals surface area contributed by atoms with Gasteiger partial charge in [0.1, 0.15) is 11.6 Å². The van der Waals surface area contributed by atoms with Crippen LogP contribution in [0.1, 0.15) is 25.1 Å². The van der Waals surface area contributed by atoms with Gasteiger partial charge in [0, 0.05) is 30.5 Å². The van der Waals surface area contributed by atoms with Crippen LogP contribution in [-0.2, 0) is 13.5 Å². The summed E-state index contributed by atoms with van der Waals surface area (Å²) in [5, 5.41) is 0.588. The molecule has 5 nitrogen and oxygen atoms in total. The number of aromatic nitrogens is 4. The smallest absolute Gasteiger partial charge is 0.312 e. The lowest BCUT2D eigenvalue weighted by atomic mass is 10.2. The Hall–Kier alpha value is -2.35. The molecule has 0 saturated carbocycles. The van der Waals surface area contributed by atoms with Crippen molar-refractivity contribution in [1.82, 2.24) is 19.5 Å². The number of alkyl halides is 3. The number of imidazole rings is 1. The highest BCUT2D eigenvalue weighted by Gasteiger charge is 2.26. The summed E-state index contributed by atoms with van der Waals surface area (Å²) in [5.74, 6) is 0.916. The van der Waals surface area contributed by atoms with Crippen LogP contribution in [0.2, 0.25) is 5.02 Å². The average molecular weight is 385 g/mol. The van der Waals surface area contributed by atoms with Gasteiger partial charge >= 0.3 is 6.18 Å². The summed E-state index contributed by atoms with van der Waals surface area (Å²) in [6.45, 7) is 0. The summed E-state index contributed by atoms with van der Waals surface area (Å²) < 4.78 is 38.3. The van der Waals surface area contributed by atoms with Crippen molar-refractivity contribution in [2.24, 2.45) is 7.05 Å². The maximum Gasteiger partial charge on any atom is 0.389 e. The van der Waals surface area contributed by atoms with E-state index >= 15 is 0 Å². The van der Waals surface area contributed by atoms with Crippen LogP contribution in [-0.4, -0.2) is 25.7 Å². The van der Waals surface area contributed by atoms with Gasteiger partial charge in [0.25, 0.3) is 5.56 Å². The largest absolute Gasteiger partial charge is 0.389 e. The summed E-state index contributed by atoms with van der Waals surface area (Å²) in [5.41, 5.74) is 0.957. The average Bonchev–Trinajstić information content (AvgIpc) is 2.89. The number of nitrogens with zero attached hydrogens (tertiary/aromatic N) is 3. The minimum atomic E-state index is -4.17. The Kier molecular flexibility index (Phi) is 5.04. The molecule has 0 saturated heterocycles. The van der Waals surface area contributed by atoms with Gasteiger partial charge in [-0.3, -0.25) is 4.79 Å². The molecule has 0 fully saturated rings. The van der Waals surface area contributed by atoms with E-state index in [1.165, 1.54) is 0 Å². The molecule has 0 bridgehead atoms. The molecule has 26 heavy (non-hydrogen) atoms. The van der Waals surface area contributed by atoms with E-state index in [1.54, 1.807) is 35.9 Å². The lowest BCUT2D eigenvalue weighted by Gasteiger charge is -2.06. The third-order valence-corrected chi connectivity index (χ3v) is 4.26. The van der Waals surface area contributed by atoms with E-state index in [0.29, 0.717) is 22.3 Å². The minimum Gasteiger partial charge on any atom is -0.312 e. The maximum absolute atomic E-state index is 12.3. The Morgan fingerprint density at radius 3 is 2.50 bits per heavy atom. The molecule has 2 aromatic heterocycles. The second-order valence-electron chi connectivity index (χ2n) is 6.01. The number of benzene rings is 1. The van der Waals surface area contributed by atoms with Crippen molar-refractivity contribution in [1.29, 1.82) is 0 Å². The monoisotopic (exact) mass is 384 g/mol. The Morgan fingerprint density at radius 2 is 1.85 bits per heavy atom. The van der Waals surface area contributed by atoms with Crippen molar-refractivity contribution in [3.8, 4) is 11.4 Å². The second-order valence-corrected chi connectivity index (χ2v) is 6.44. The number of halogens is 4. The summed E-state index contributed by atoms with van der Waals surface area (Å²) in [4.78, 5) is 23.6. The molecule has 0 amide bonds. The summed E-state index contributed by atoms with van der Waals surface area (Å²) in [6, 6.07) is 7.02. The molecule has 0 radical (unpaired) electrons. The SMILES string of the molecule is Cn1c(-c2ccc(Cl)cc2)nc2c(=O)[nH]c(CCCCC(F)(F)F)nc21. The fourth-order valence-corrected chi connectivity index (χ4v) is 2.84. The molecule has 1 N–H and O–H groups in total. The fourth-order valence-electron chi connectivity index (χ4n) is 2.71. The second kappa shape index (κ2) is 7.11. The Labute approximate surface area is 151 Å². The van der Waals surface area contributed by atoms with Gasteiger partial charge in [0.15, 0.2) is 11.2 Å². The number of aryl methyl sites for hydroxylation is 2. The van der Waals surface area contributed by atoms with Crippen molar-refractivity contribution in [3.63, 3.8) is 0 Å². The molecular weight excluding hydrogens is 369 g/mol. The van der Waals surface area contributed by atoms with Gasteiger partial charge in [-0.25, -0.2) is 9.97 Å². The highest BCUT2D eigenvalue weighted by atomic mass is 35.5. The van der Waals surface area contributed by atoms with Gasteiger partial charge in [-0.1, -0.05) is 11.6 Å². The first-order chi connectivity index (χ1) is 12.2. The van der Waals surface area contributed by atoms with Crippen LogP contribution in [0.25, 0.3) is 22.6 Å². The van der Waals surface area contributed by atoms with E-state index in [9.17, 15) is 18.0 Å². The molecule has 138 valence electrons. The molecule has 9 heteroatoms. The molecule has 0 aliphatic carbocycles. The number of rotatable bonds is 5. The zero-order chi connectivity index (χ0) is 18.9. The van der Waals surface area contributed by atoms with E-state index in [2.05, 4.69) is 15.0 Å². The molecule has 0 spiro atoms. The van der Waals surface area contributed by atoms with E-state index in [4.69, 9.17) is 11.6 Å². The first-order valence-corrected chi connectivity index (χ1v) is 8.41. The quantitative estimate of drug-likeness (QED) is 0.669. The normalized spacial score (nSPS) is 12.0. The van der Waals surface area contributed by atoms with Crippen molar-refractivity contribution in [3.05, 3.63) is 45.5 Å². The Bertz CT molecular complexity index is 977. The first kappa shape index (κ1) is 18.4. The molecule has 2 heterocycles. The van der Waals surface area contributed by atoms with Gasteiger partial charge in [-0.2, -0.15) is 13.2 Å². The zero-order valence-corrected chi connectivity index (χ0v) is 14.7. The highest BCUT2D eigenvalue weighted by molar-refractivity contribution is 6.30. The molecule has 0 unspecified atom stereocenters. The number of H-pyrrole nitrogens is 1. The molecule has 0 aliphatic heterocycles. The standard InChI is InChI=1S/C17H16ClF3N4O/c1-25-14(10-5-7-11(18)8-6-10)24-13-15(25)22-12(23-16(13)26)4-2-3-9-17(19,20)21/h5-8H,2-4,9H2,1H3,(H,22,23,26). The highest BCUT2D eigenvalue weighted by Crippen LogP contribution is 2.24. The number of nitrogens with one attached hydrogen (secondary N) is 1. The molecule has 0 atom stereocenters. The van der Waals surface area contributed by atoms with Gasteiger partial charge in [-0.05, 0) is 37.1 Å². The van der Waals surface area contributed by atoms with Crippen molar-refractivity contribution < 1.29 is 13.2 Å². The van der Waals surface area contributed by atoms with E-state index in [1.807, 2.05) is 0 Å². The Balaban J connectivity index is 1.87. The topological polar surface area (TPSA) is 63.6 Å². The first-order valence-electron chi connectivity index (χ1n) is 8.03. The lowest BCUT2D eigenvalue weighted by molar-refractivity contribution is -0.135.